The number of carbonyl (C=O) groups is 1. The van der Waals surface area contributed by atoms with Gasteiger partial charge in [-0.05, 0) is 25.6 Å². The van der Waals surface area contributed by atoms with Gasteiger partial charge in [0.15, 0.2) is 0 Å². The Kier molecular flexibility index (Phi) is 4.71. The van der Waals surface area contributed by atoms with E-state index in [9.17, 15) is 4.79 Å². The SMILES string of the molecule is CCNC1C(=O)Nc2cc(N(C)CC(C)C#N)c(Cl)cc21. The van der Waals surface area contributed by atoms with Crippen molar-refractivity contribution >= 4 is 28.9 Å². The van der Waals surface area contributed by atoms with Gasteiger partial charge in [0.05, 0.1) is 22.7 Å². The van der Waals surface area contributed by atoms with Gasteiger partial charge in [0, 0.05) is 24.8 Å². The molecule has 21 heavy (non-hydrogen) atoms. The first-order valence-corrected chi connectivity index (χ1v) is 7.34. The topological polar surface area (TPSA) is 68.2 Å². The van der Waals surface area contributed by atoms with E-state index in [1.807, 2.05) is 37.9 Å². The van der Waals surface area contributed by atoms with Gasteiger partial charge in [-0.15, -0.1) is 0 Å². The molecular formula is C15H19ClN4O. The van der Waals surface area contributed by atoms with Gasteiger partial charge < -0.3 is 15.5 Å². The van der Waals surface area contributed by atoms with Crippen molar-refractivity contribution in [2.75, 3.05) is 30.4 Å². The van der Waals surface area contributed by atoms with E-state index in [4.69, 9.17) is 16.9 Å². The zero-order valence-corrected chi connectivity index (χ0v) is 13.2. The summed E-state index contributed by atoms with van der Waals surface area (Å²) < 4.78 is 0. The van der Waals surface area contributed by atoms with Crippen LogP contribution < -0.4 is 15.5 Å². The molecule has 0 bridgehead atoms. The summed E-state index contributed by atoms with van der Waals surface area (Å²) >= 11 is 6.35. The molecule has 1 aromatic rings. The Morgan fingerprint density at radius 3 is 2.90 bits per heavy atom. The third-order valence-electron chi connectivity index (χ3n) is 3.54. The van der Waals surface area contributed by atoms with Gasteiger partial charge in [-0.3, -0.25) is 4.79 Å². The van der Waals surface area contributed by atoms with E-state index in [2.05, 4.69) is 16.7 Å². The number of benzene rings is 1. The first kappa shape index (κ1) is 15.6. The number of nitriles is 1. The molecule has 112 valence electrons. The maximum atomic E-state index is 12.0. The highest BCUT2D eigenvalue weighted by Gasteiger charge is 2.31. The number of carbonyl (C=O) groups excluding carboxylic acids is 1. The summed E-state index contributed by atoms with van der Waals surface area (Å²) in [5.74, 6) is -0.156. The van der Waals surface area contributed by atoms with Crippen LogP contribution in [0, 0.1) is 17.2 Å². The minimum Gasteiger partial charge on any atom is -0.372 e. The molecule has 0 aromatic heterocycles. The van der Waals surface area contributed by atoms with E-state index in [1.54, 1.807) is 0 Å². The van der Waals surface area contributed by atoms with Gasteiger partial charge in [0.25, 0.3) is 0 Å². The Hall–Kier alpha value is -1.77. The van der Waals surface area contributed by atoms with Gasteiger partial charge in [0.1, 0.15) is 6.04 Å². The summed E-state index contributed by atoms with van der Waals surface area (Å²) in [5.41, 5.74) is 2.47. The first-order chi connectivity index (χ1) is 9.97. The minimum atomic E-state index is -0.347. The van der Waals surface area contributed by atoms with E-state index < -0.39 is 0 Å². The molecule has 0 spiro atoms. The maximum absolute atomic E-state index is 12.0. The molecular weight excluding hydrogens is 288 g/mol. The average Bonchev–Trinajstić information content (AvgIpc) is 2.74. The fourth-order valence-electron chi connectivity index (χ4n) is 2.52. The van der Waals surface area contributed by atoms with Crippen LogP contribution in [0.3, 0.4) is 0 Å². The van der Waals surface area contributed by atoms with Crippen molar-refractivity contribution in [2.45, 2.75) is 19.9 Å². The van der Waals surface area contributed by atoms with Gasteiger partial charge in [-0.25, -0.2) is 0 Å². The minimum absolute atomic E-state index is 0.0619. The van der Waals surface area contributed by atoms with Crippen molar-refractivity contribution in [3.8, 4) is 6.07 Å². The van der Waals surface area contributed by atoms with Gasteiger partial charge in [-0.1, -0.05) is 18.5 Å². The Bertz CT molecular complexity index is 596. The molecule has 6 heteroatoms. The van der Waals surface area contributed by atoms with E-state index in [0.29, 0.717) is 18.1 Å². The summed E-state index contributed by atoms with van der Waals surface area (Å²) in [5, 5.41) is 15.5. The Morgan fingerprint density at radius 2 is 2.29 bits per heavy atom. The number of rotatable bonds is 5. The Morgan fingerprint density at radius 1 is 1.57 bits per heavy atom. The molecule has 0 saturated heterocycles. The number of anilines is 2. The van der Waals surface area contributed by atoms with Crippen molar-refractivity contribution in [3.63, 3.8) is 0 Å². The lowest BCUT2D eigenvalue weighted by Gasteiger charge is -2.22. The number of fused-ring (bicyclic) bond motifs is 1. The summed E-state index contributed by atoms with van der Waals surface area (Å²) in [7, 11) is 1.89. The van der Waals surface area contributed by atoms with Crippen LogP contribution in [0.4, 0.5) is 11.4 Å². The molecule has 2 atom stereocenters. The zero-order chi connectivity index (χ0) is 15.6. The van der Waals surface area contributed by atoms with Crippen LogP contribution >= 0.6 is 11.6 Å². The van der Waals surface area contributed by atoms with Crippen LogP contribution in [0.25, 0.3) is 0 Å². The highest BCUT2D eigenvalue weighted by atomic mass is 35.5. The van der Waals surface area contributed by atoms with Crippen LogP contribution in [0.15, 0.2) is 12.1 Å². The third kappa shape index (κ3) is 3.12. The molecule has 1 heterocycles. The average molecular weight is 307 g/mol. The van der Waals surface area contributed by atoms with E-state index in [1.165, 1.54) is 0 Å². The van der Waals surface area contributed by atoms with E-state index in [-0.39, 0.29) is 17.9 Å². The fraction of sp³-hybridized carbons (Fsp3) is 0.467. The predicted octanol–water partition coefficient (Wildman–Crippen LogP) is 2.54. The summed E-state index contributed by atoms with van der Waals surface area (Å²) in [6.07, 6.45) is 0. The molecule has 5 nitrogen and oxygen atoms in total. The first-order valence-electron chi connectivity index (χ1n) is 6.96. The molecule has 1 aliphatic heterocycles. The second kappa shape index (κ2) is 6.33. The highest BCUT2D eigenvalue weighted by molar-refractivity contribution is 6.33. The van der Waals surface area contributed by atoms with Crippen molar-refractivity contribution in [3.05, 3.63) is 22.7 Å². The number of halogens is 1. The maximum Gasteiger partial charge on any atom is 0.246 e. The Labute approximate surface area is 129 Å². The molecule has 2 rings (SSSR count). The molecule has 0 fully saturated rings. The lowest BCUT2D eigenvalue weighted by atomic mass is 10.1. The highest BCUT2D eigenvalue weighted by Crippen LogP contribution is 2.38. The number of hydrogen-bond donors (Lipinski definition) is 2. The van der Waals surface area contributed by atoms with Crippen LogP contribution in [0.2, 0.25) is 5.02 Å². The van der Waals surface area contributed by atoms with Crippen LogP contribution in [0.1, 0.15) is 25.5 Å². The van der Waals surface area contributed by atoms with E-state index >= 15 is 0 Å². The molecule has 2 N–H and O–H groups in total. The van der Waals surface area contributed by atoms with Crippen LogP contribution in [-0.4, -0.2) is 26.0 Å². The van der Waals surface area contributed by atoms with Crippen molar-refractivity contribution < 1.29 is 4.79 Å². The quantitative estimate of drug-likeness (QED) is 0.877. The standard InChI is InChI=1S/C15H19ClN4O/c1-4-18-14-10-5-11(16)13(6-12(10)19-15(14)21)20(3)8-9(2)7-17/h5-6,9,14,18H,4,8H2,1-3H3,(H,19,21). The number of hydrogen-bond acceptors (Lipinski definition) is 4. The molecule has 0 radical (unpaired) electrons. The van der Waals surface area contributed by atoms with Crippen molar-refractivity contribution in [1.82, 2.24) is 5.32 Å². The predicted molar refractivity (Wildman–Crippen MR) is 84.5 cm³/mol. The van der Waals surface area contributed by atoms with Crippen LogP contribution in [0.5, 0.6) is 0 Å². The smallest absolute Gasteiger partial charge is 0.246 e. The molecule has 2 unspecified atom stereocenters. The molecule has 1 aromatic carbocycles. The molecule has 1 amide bonds. The Balaban J connectivity index is 2.31. The normalized spacial score (nSPS) is 17.9. The van der Waals surface area contributed by atoms with Gasteiger partial charge >= 0.3 is 0 Å². The largest absolute Gasteiger partial charge is 0.372 e. The number of amides is 1. The fourth-order valence-corrected chi connectivity index (χ4v) is 2.84. The zero-order valence-electron chi connectivity index (χ0n) is 12.4. The monoisotopic (exact) mass is 306 g/mol. The number of nitrogens with one attached hydrogen (secondary N) is 2. The van der Waals surface area contributed by atoms with Gasteiger partial charge in [0.2, 0.25) is 5.91 Å². The van der Waals surface area contributed by atoms with E-state index in [0.717, 1.165) is 16.9 Å². The lowest BCUT2D eigenvalue weighted by molar-refractivity contribution is -0.117. The number of likely N-dealkylation sites (N-methyl/N-ethyl adjacent to an activating group) is 1. The second-order valence-corrected chi connectivity index (χ2v) is 5.69. The molecule has 0 saturated carbocycles. The molecule has 0 aliphatic carbocycles. The molecule has 1 aliphatic rings. The summed E-state index contributed by atoms with van der Waals surface area (Å²) in [6, 6.07) is 5.55. The van der Waals surface area contributed by atoms with Crippen molar-refractivity contribution in [2.24, 2.45) is 5.92 Å². The van der Waals surface area contributed by atoms with Crippen molar-refractivity contribution in [1.29, 1.82) is 5.26 Å². The van der Waals surface area contributed by atoms with Gasteiger partial charge in [-0.2, -0.15) is 5.26 Å². The van der Waals surface area contributed by atoms with Crippen LogP contribution in [-0.2, 0) is 4.79 Å². The second-order valence-electron chi connectivity index (χ2n) is 5.28. The number of nitrogens with zero attached hydrogens (tertiary/aromatic N) is 2. The summed E-state index contributed by atoms with van der Waals surface area (Å²) in [6.45, 7) is 5.11. The summed E-state index contributed by atoms with van der Waals surface area (Å²) in [4.78, 5) is 13.9. The lowest BCUT2D eigenvalue weighted by Crippen LogP contribution is -2.27. The third-order valence-corrected chi connectivity index (χ3v) is 3.84.